The van der Waals surface area contributed by atoms with E-state index < -0.39 is 0 Å². The minimum absolute atomic E-state index is 0.586. The van der Waals surface area contributed by atoms with E-state index in [-0.39, 0.29) is 0 Å². The fourth-order valence-electron chi connectivity index (χ4n) is 3.62. The van der Waals surface area contributed by atoms with Gasteiger partial charge in [0.2, 0.25) is 5.95 Å². The summed E-state index contributed by atoms with van der Waals surface area (Å²) in [6.07, 6.45) is 4.68. The quantitative estimate of drug-likeness (QED) is 0.362. The summed E-state index contributed by atoms with van der Waals surface area (Å²) in [5, 5.41) is 6.78. The summed E-state index contributed by atoms with van der Waals surface area (Å²) in [6, 6.07) is 8.09. The van der Waals surface area contributed by atoms with Gasteiger partial charge in [0.1, 0.15) is 5.75 Å². The van der Waals surface area contributed by atoms with Gasteiger partial charge >= 0.3 is 0 Å². The number of rotatable bonds is 9. The number of nitrogens with zero attached hydrogens (tertiary/aromatic N) is 5. The van der Waals surface area contributed by atoms with Crippen molar-refractivity contribution < 1.29 is 4.74 Å². The standard InChI is InChI=1S/C23H35N7O/c1-4-24-22(28-18-20-8-7-19(2)17-21(20)31-3)25-11-6-12-29-13-15-30(16-14-29)23-26-9-5-10-27-23/h5,7-10,17H,4,6,11-16,18H2,1-3H3,(H2,24,25,28). The highest BCUT2D eigenvalue weighted by molar-refractivity contribution is 5.79. The van der Waals surface area contributed by atoms with Gasteiger partial charge in [0.15, 0.2) is 5.96 Å². The first-order valence-corrected chi connectivity index (χ1v) is 11.1. The molecule has 2 N–H and O–H groups in total. The van der Waals surface area contributed by atoms with E-state index in [1.54, 1.807) is 19.5 Å². The number of methoxy groups -OCH3 is 1. The molecule has 0 unspecified atom stereocenters. The van der Waals surface area contributed by atoms with Crippen molar-refractivity contribution >= 4 is 11.9 Å². The van der Waals surface area contributed by atoms with Gasteiger partial charge in [-0.3, -0.25) is 4.90 Å². The number of aliphatic imine (C=N–C) groups is 1. The lowest BCUT2D eigenvalue weighted by Gasteiger charge is -2.34. The van der Waals surface area contributed by atoms with Crippen molar-refractivity contribution in [3.8, 4) is 5.75 Å². The molecule has 8 heteroatoms. The van der Waals surface area contributed by atoms with Gasteiger partial charge in [-0.15, -0.1) is 0 Å². The molecule has 31 heavy (non-hydrogen) atoms. The summed E-state index contributed by atoms with van der Waals surface area (Å²) in [6.45, 7) is 11.6. The number of aryl methyl sites for hydroxylation is 1. The highest BCUT2D eigenvalue weighted by Gasteiger charge is 2.18. The fraction of sp³-hybridized carbons (Fsp3) is 0.522. The van der Waals surface area contributed by atoms with Gasteiger partial charge in [0.25, 0.3) is 0 Å². The Kier molecular flexibility index (Phi) is 8.90. The maximum absolute atomic E-state index is 5.49. The second kappa shape index (κ2) is 12.1. The van der Waals surface area contributed by atoms with Crippen LogP contribution < -0.4 is 20.3 Å². The highest BCUT2D eigenvalue weighted by atomic mass is 16.5. The molecular weight excluding hydrogens is 390 g/mol. The van der Waals surface area contributed by atoms with Crippen molar-refractivity contribution in [3.05, 3.63) is 47.8 Å². The predicted molar refractivity (Wildman–Crippen MR) is 126 cm³/mol. The normalized spacial score (nSPS) is 15.1. The monoisotopic (exact) mass is 425 g/mol. The molecule has 1 aromatic carbocycles. The van der Waals surface area contributed by atoms with E-state index in [9.17, 15) is 0 Å². The number of hydrogen-bond acceptors (Lipinski definition) is 6. The van der Waals surface area contributed by atoms with Crippen LogP contribution in [0.2, 0.25) is 0 Å². The molecule has 0 spiro atoms. The first kappa shape index (κ1) is 22.8. The number of nitrogens with one attached hydrogen (secondary N) is 2. The van der Waals surface area contributed by atoms with E-state index in [0.717, 1.165) is 75.5 Å². The van der Waals surface area contributed by atoms with Crippen LogP contribution in [0.25, 0.3) is 0 Å². The molecule has 0 saturated carbocycles. The summed E-state index contributed by atoms with van der Waals surface area (Å²) in [7, 11) is 1.71. The Balaban J connectivity index is 1.40. The van der Waals surface area contributed by atoms with Gasteiger partial charge in [0, 0.05) is 57.2 Å². The molecule has 1 aliphatic rings. The number of piperazine rings is 1. The maximum atomic E-state index is 5.49. The molecule has 168 valence electrons. The largest absolute Gasteiger partial charge is 0.496 e. The lowest BCUT2D eigenvalue weighted by atomic mass is 10.1. The van der Waals surface area contributed by atoms with Crippen molar-refractivity contribution in [2.24, 2.45) is 4.99 Å². The van der Waals surface area contributed by atoms with Crippen LogP contribution >= 0.6 is 0 Å². The van der Waals surface area contributed by atoms with Crippen LogP contribution in [-0.2, 0) is 6.54 Å². The zero-order chi connectivity index (χ0) is 21.9. The molecule has 1 aliphatic heterocycles. The smallest absolute Gasteiger partial charge is 0.225 e. The Morgan fingerprint density at radius 2 is 1.90 bits per heavy atom. The van der Waals surface area contributed by atoms with Crippen molar-refractivity contribution in [1.82, 2.24) is 25.5 Å². The van der Waals surface area contributed by atoms with E-state index in [1.807, 2.05) is 6.07 Å². The molecular formula is C23H35N7O. The maximum Gasteiger partial charge on any atom is 0.225 e. The minimum Gasteiger partial charge on any atom is -0.496 e. The van der Waals surface area contributed by atoms with Gasteiger partial charge in [-0.2, -0.15) is 0 Å². The fourth-order valence-corrected chi connectivity index (χ4v) is 3.62. The molecule has 2 heterocycles. The van der Waals surface area contributed by atoms with Gasteiger partial charge in [0.05, 0.1) is 13.7 Å². The Labute approximate surface area is 185 Å². The minimum atomic E-state index is 0.586. The molecule has 3 rings (SSSR count). The van der Waals surface area contributed by atoms with Gasteiger partial charge < -0.3 is 20.3 Å². The van der Waals surface area contributed by atoms with E-state index >= 15 is 0 Å². The van der Waals surface area contributed by atoms with Crippen LogP contribution in [0.4, 0.5) is 5.95 Å². The van der Waals surface area contributed by atoms with Gasteiger partial charge in [-0.1, -0.05) is 12.1 Å². The van der Waals surface area contributed by atoms with E-state index in [1.165, 1.54) is 5.56 Å². The lowest BCUT2D eigenvalue weighted by Crippen LogP contribution is -2.47. The van der Waals surface area contributed by atoms with Crippen molar-refractivity contribution in [3.63, 3.8) is 0 Å². The predicted octanol–water partition coefficient (Wildman–Crippen LogP) is 2.06. The molecule has 1 aromatic heterocycles. The number of guanidine groups is 1. The summed E-state index contributed by atoms with van der Waals surface area (Å²) in [5.74, 6) is 2.57. The molecule has 0 bridgehead atoms. The zero-order valence-electron chi connectivity index (χ0n) is 19.0. The third kappa shape index (κ3) is 7.10. The Bertz CT molecular complexity index is 820. The second-order valence-electron chi connectivity index (χ2n) is 7.67. The number of benzene rings is 1. The molecule has 0 radical (unpaired) electrons. The summed E-state index contributed by atoms with van der Waals surface area (Å²) < 4.78 is 5.49. The number of anilines is 1. The summed E-state index contributed by atoms with van der Waals surface area (Å²) in [4.78, 5) is 18.2. The van der Waals surface area contributed by atoms with Crippen molar-refractivity contribution in [2.75, 3.05) is 57.8 Å². The van der Waals surface area contributed by atoms with Gasteiger partial charge in [-0.05, 0) is 44.5 Å². The molecule has 0 aliphatic carbocycles. The number of aromatic nitrogens is 2. The van der Waals surface area contributed by atoms with E-state index in [2.05, 4.69) is 62.4 Å². The zero-order valence-corrected chi connectivity index (χ0v) is 19.0. The van der Waals surface area contributed by atoms with Crippen LogP contribution in [-0.4, -0.2) is 73.8 Å². The van der Waals surface area contributed by atoms with Crippen molar-refractivity contribution in [1.29, 1.82) is 0 Å². The van der Waals surface area contributed by atoms with Crippen LogP contribution in [0.3, 0.4) is 0 Å². The van der Waals surface area contributed by atoms with E-state index in [4.69, 9.17) is 9.73 Å². The van der Waals surface area contributed by atoms with Crippen LogP contribution in [0.5, 0.6) is 5.75 Å². The van der Waals surface area contributed by atoms with Crippen LogP contribution in [0.15, 0.2) is 41.7 Å². The summed E-state index contributed by atoms with van der Waals surface area (Å²) in [5.41, 5.74) is 2.28. The highest BCUT2D eigenvalue weighted by Crippen LogP contribution is 2.20. The Morgan fingerprint density at radius 3 is 2.61 bits per heavy atom. The second-order valence-corrected chi connectivity index (χ2v) is 7.67. The third-order valence-corrected chi connectivity index (χ3v) is 5.35. The molecule has 1 fully saturated rings. The third-order valence-electron chi connectivity index (χ3n) is 5.35. The van der Waals surface area contributed by atoms with Gasteiger partial charge in [-0.25, -0.2) is 15.0 Å². The topological polar surface area (TPSA) is 77.9 Å². The Morgan fingerprint density at radius 1 is 1.13 bits per heavy atom. The van der Waals surface area contributed by atoms with Crippen molar-refractivity contribution in [2.45, 2.75) is 26.8 Å². The van der Waals surface area contributed by atoms with Crippen LogP contribution in [0, 0.1) is 6.92 Å². The Hall–Kier alpha value is -2.87. The lowest BCUT2D eigenvalue weighted by molar-refractivity contribution is 0.254. The molecule has 0 atom stereocenters. The average Bonchev–Trinajstić information content (AvgIpc) is 2.81. The average molecular weight is 426 g/mol. The van der Waals surface area contributed by atoms with E-state index in [0.29, 0.717) is 6.54 Å². The van der Waals surface area contributed by atoms with Crippen LogP contribution in [0.1, 0.15) is 24.5 Å². The number of hydrogen-bond donors (Lipinski definition) is 2. The molecule has 1 saturated heterocycles. The molecule has 2 aromatic rings. The SMILES string of the molecule is CCNC(=NCc1ccc(C)cc1OC)NCCCN1CCN(c2ncccn2)CC1. The first-order chi connectivity index (χ1) is 15.2. The molecule has 0 amide bonds. The number of ether oxygens (including phenoxy) is 1. The first-order valence-electron chi connectivity index (χ1n) is 11.1. The summed E-state index contributed by atoms with van der Waals surface area (Å²) >= 11 is 0. The molecule has 8 nitrogen and oxygen atoms in total.